The van der Waals surface area contributed by atoms with Crippen LogP contribution in [0.3, 0.4) is 0 Å². The number of aromatic hydroxyl groups is 1. The van der Waals surface area contributed by atoms with Gasteiger partial charge in [-0.15, -0.1) is 0 Å². The Morgan fingerprint density at radius 3 is 2.15 bits per heavy atom. The molecule has 0 aliphatic heterocycles. The van der Waals surface area contributed by atoms with E-state index in [1.165, 1.54) is 6.26 Å². The van der Waals surface area contributed by atoms with Crippen LogP contribution in [0.2, 0.25) is 0 Å². The Hall–Kier alpha value is -3.87. The number of furan rings is 1. The number of phenolic OH excluding ortho intramolecular Hbond substituents is 1. The molecule has 0 aliphatic rings. The summed E-state index contributed by atoms with van der Waals surface area (Å²) in [5.41, 5.74) is 3.79. The van der Waals surface area contributed by atoms with Crippen LogP contribution in [0, 0.1) is 13.8 Å². The summed E-state index contributed by atoms with van der Waals surface area (Å²) in [6, 6.07) is 10.8. The summed E-state index contributed by atoms with van der Waals surface area (Å²) in [4.78, 5) is 32.2. The minimum absolute atomic E-state index is 0.0810. The van der Waals surface area contributed by atoms with E-state index >= 15 is 0 Å². The second-order valence-corrected chi connectivity index (χ2v) is 6.95. The van der Waals surface area contributed by atoms with Gasteiger partial charge in [0, 0.05) is 11.0 Å². The Labute approximate surface area is 193 Å². The van der Waals surface area contributed by atoms with Gasteiger partial charge in [0.05, 0.1) is 18.8 Å². The predicted molar refractivity (Wildman–Crippen MR) is 127 cm³/mol. The number of hydrogen-bond acceptors (Lipinski definition) is 7. The zero-order valence-electron chi connectivity index (χ0n) is 19.6. The van der Waals surface area contributed by atoms with Gasteiger partial charge in [-0.05, 0) is 51.8 Å². The van der Waals surface area contributed by atoms with E-state index in [0.29, 0.717) is 36.2 Å². The van der Waals surface area contributed by atoms with Gasteiger partial charge in [-0.3, -0.25) is 4.79 Å². The van der Waals surface area contributed by atoms with Crippen LogP contribution < -0.4 is 0 Å². The van der Waals surface area contributed by atoms with Crippen molar-refractivity contribution < 1.29 is 33.4 Å². The van der Waals surface area contributed by atoms with Crippen LogP contribution in [0.5, 0.6) is 5.75 Å². The van der Waals surface area contributed by atoms with Gasteiger partial charge in [0.15, 0.2) is 6.29 Å². The highest BCUT2D eigenvalue weighted by molar-refractivity contribution is 6.03. The smallest absolute Gasteiger partial charge is 0.342 e. The molecule has 3 aromatic rings. The Kier molecular flexibility index (Phi) is 11.1. The van der Waals surface area contributed by atoms with Crippen LogP contribution in [-0.2, 0) is 14.3 Å². The Balaban J connectivity index is 0.000000265. The van der Waals surface area contributed by atoms with Gasteiger partial charge in [-0.25, -0.2) is 9.59 Å². The fourth-order valence-corrected chi connectivity index (χ4v) is 2.60. The third-order valence-corrected chi connectivity index (χ3v) is 4.31. The average Bonchev–Trinajstić information content (AvgIpc) is 3.23. The number of benzene rings is 2. The van der Waals surface area contributed by atoms with Crippen LogP contribution in [0.4, 0.5) is 0 Å². The van der Waals surface area contributed by atoms with Crippen molar-refractivity contribution in [2.24, 2.45) is 0 Å². The third kappa shape index (κ3) is 7.96. The highest BCUT2D eigenvalue weighted by Crippen LogP contribution is 2.24. The van der Waals surface area contributed by atoms with Crippen molar-refractivity contribution in [3.63, 3.8) is 0 Å². The Morgan fingerprint density at radius 1 is 1.03 bits per heavy atom. The molecule has 33 heavy (non-hydrogen) atoms. The molecule has 3 rings (SSSR count). The summed E-state index contributed by atoms with van der Waals surface area (Å²) < 4.78 is 14.8. The van der Waals surface area contributed by atoms with Gasteiger partial charge in [0.1, 0.15) is 23.2 Å². The molecule has 0 saturated heterocycles. The molecule has 1 heterocycles. The molecule has 0 bridgehead atoms. The molecule has 0 radical (unpaired) electrons. The van der Waals surface area contributed by atoms with Crippen molar-refractivity contribution in [1.29, 1.82) is 0 Å². The van der Waals surface area contributed by atoms with E-state index in [1.807, 2.05) is 25.1 Å². The topological polar surface area (TPSA) is 103 Å². The lowest BCUT2D eigenvalue weighted by Gasteiger charge is -1.98. The summed E-state index contributed by atoms with van der Waals surface area (Å²) in [6.45, 7) is 13.1. The molecule has 0 fully saturated rings. The molecule has 176 valence electrons. The molecule has 7 heteroatoms. The molecule has 0 spiro atoms. The van der Waals surface area contributed by atoms with Gasteiger partial charge in [-0.2, -0.15) is 0 Å². The van der Waals surface area contributed by atoms with Gasteiger partial charge < -0.3 is 19.0 Å². The first-order chi connectivity index (χ1) is 15.7. The average molecular weight is 455 g/mol. The monoisotopic (exact) mass is 454 g/mol. The van der Waals surface area contributed by atoms with Gasteiger partial charge in [0.25, 0.3) is 0 Å². The minimum Gasteiger partial charge on any atom is -0.507 e. The number of esters is 2. The highest BCUT2D eigenvalue weighted by Gasteiger charge is 2.15. The van der Waals surface area contributed by atoms with Crippen molar-refractivity contribution in [2.75, 3.05) is 13.2 Å². The first kappa shape index (κ1) is 27.2. The molecular weight excluding hydrogens is 424 g/mol. The van der Waals surface area contributed by atoms with Crippen molar-refractivity contribution in [3.8, 4) is 5.75 Å². The second-order valence-electron chi connectivity index (χ2n) is 6.95. The van der Waals surface area contributed by atoms with Crippen LogP contribution in [0.15, 0.2) is 59.2 Å². The number of aryl methyl sites for hydroxylation is 2. The van der Waals surface area contributed by atoms with E-state index in [4.69, 9.17) is 14.3 Å². The fourth-order valence-electron chi connectivity index (χ4n) is 2.60. The normalized spacial score (nSPS) is 9.61. The van der Waals surface area contributed by atoms with E-state index in [2.05, 4.69) is 11.3 Å². The number of aldehydes is 1. The number of hydrogen-bond donors (Lipinski definition) is 1. The first-order valence-electron chi connectivity index (χ1n) is 10.4. The number of rotatable bonds is 5. The zero-order valence-corrected chi connectivity index (χ0v) is 19.6. The molecule has 1 aromatic heterocycles. The molecule has 7 nitrogen and oxygen atoms in total. The zero-order chi connectivity index (χ0) is 25.0. The van der Waals surface area contributed by atoms with E-state index in [-0.39, 0.29) is 17.7 Å². The summed E-state index contributed by atoms with van der Waals surface area (Å²) in [5.74, 6) is -0.563. The maximum absolute atomic E-state index is 11.5. The fraction of sp³-hybridized carbons (Fsp3) is 0.269. The molecule has 0 aliphatic carbocycles. The molecule has 0 atom stereocenters. The lowest BCUT2D eigenvalue weighted by Crippen LogP contribution is -2.03. The summed E-state index contributed by atoms with van der Waals surface area (Å²) in [5, 5.41) is 9.98. The lowest BCUT2D eigenvalue weighted by molar-refractivity contribution is -0.138. The van der Waals surface area contributed by atoms with Crippen LogP contribution in [0.1, 0.15) is 52.6 Å². The quantitative estimate of drug-likeness (QED) is 0.306. The van der Waals surface area contributed by atoms with E-state index in [1.54, 1.807) is 45.9 Å². The lowest BCUT2D eigenvalue weighted by atomic mass is 10.1. The van der Waals surface area contributed by atoms with Crippen LogP contribution in [0.25, 0.3) is 11.0 Å². The van der Waals surface area contributed by atoms with Gasteiger partial charge in [-0.1, -0.05) is 36.9 Å². The van der Waals surface area contributed by atoms with Gasteiger partial charge >= 0.3 is 11.9 Å². The van der Waals surface area contributed by atoms with E-state index in [0.717, 1.165) is 22.1 Å². The van der Waals surface area contributed by atoms with Crippen molar-refractivity contribution in [1.82, 2.24) is 0 Å². The Morgan fingerprint density at radius 2 is 1.64 bits per heavy atom. The number of carbonyl (C=O) groups is 3. The second kappa shape index (κ2) is 13.5. The molecule has 0 unspecified atom stereocenters. The standard InChI is InChI=1S/C12H12O3.C8H8O2.C6H10O2/c1-3-14-12(13)10-7-15-11-8(2)5-4-6-9(10)11;1-6-3-2-4-7(5-9)8(6)10;1-4-8-6(7)5(2)3/h4-7H,3H2,1-2H3;2-5,10H,1H3;2,4H2,1,3H3. The number of ether oxygens (including phenoxy) is 2. The van der Waals surface area contributed by atoms with Crippen LogP contribution >= 0.6 is 0 Å². The molecule has 1 N–H and O–H groups in total. The predicted octanol–water partition coefficient (Wildman–Crippen LogP) is 5.56. The maximum atomic E-state index is 11.5. The van der Waals surface area contributed by atoms with Crippen molar-refractivity contribution >= 4 is 29.2 Å². The SMILES string of the molecule is C=C(C)C(=O)OCC.CCOC(=O)c1coc2c(C)cccc12.Cc1cccc(C=O)c1O. The number of phenols is 1. The van der Waals surface area contributed by atoms with Crippen molar-refractivity contribution in [2.45, 2.75) is 34.6 Å². The number of para-hydroxylation sites is 2. The third-order valence-electron chi connectivity index (χ3n) is 4.31. The van der Waals surface area contributed by atoms with E-state index in [9.17, 15) is 14.4 Å². The summed E-state index contributed by atoms with van der Waals surface area (Å²) >= 11 is 0. The molecule has 0 amide bonds. The largest absolute Gasteiger partial charge is 0.507 e. The number of carbonyl (C=O) groups excluding carboxylic acids is 3. The van der Waals surface area contributed by atoms with Gasteiger partial charge in [0.2, 0.25) is 0 Å². The number of fused-ring (bicyclic) bond motifs is 1. The van der Waals surface area contributed by atoms with Crippen molar-refractivity contribution in [3.05, 3.63) is 77.1 Å². The molecular formula is C26H30O7. The molecule has 2 aromatic carbocycles. The summed E-state index contributed by atoms with van der Waals surface area (Å²) in [7, 11) is 0. The highest BCUT2D eigenvalue weighted by atomic mass is 16.5. The summed E-state index contributed by atoms with van der Waals surface area (Å²) in [6.07, 6.45) is 2.10. The minimum atomic E-state index is -0.332. The van der Waals surface area contributed by atoms with E-state index < -0.39 is 0 Å². The molecule has 0 saturated carbocycles. The van der Waals surface area contributed by atoms with Crippen LogP contribution in [-0.4, -0.2) is 36.5 Å². The maximum Gasteiger partial charge on any atom is 0.342 e. The Bertz CT molecular complexity index is 1110. The first-order valence-corrected chi connectivity index (χ1v) is 10.4.